The van der Waals surface area contributed by atoms with Gasteiger partial charge in [0.1, 0.15) is 46.5 Å². The fraction of sp³-hybridized carbons (Fsp3) is 0.286. The van der Waals surface area contributed by atoms with E-state index in [9.17, 15) is 35.4 Å². The summed E-state index contributed by atoms with van der Waals surface area (Å²) in [6.45, 7) is 1.39. The van der Waals surface area contributed by atoms with Crippen LogP contribution in [0, 0.1) is 0 Å². The molecule has 0 saturated carbocycles. The molecule has 1 aromatic heterocycles. The molecule has 31 heavy (non-hydrogen) atoms. The van der Waals surface area contributed by atoms with Gasteiger partial charge in [-0.25, -0.2) is 0 Å². The maximum Gasteiger partial charge on any atom is 0.238 e. The highest BCUT2D eigenvalue weighted by Crippen LogP contribution is 2.37. The van der Waals surface area contributed by atoms with Gasteiger partial charge in [-0.1, -0.05) is 0 Å². The van der Waals surface area contributed by atoms with Crippen molar-refractivity contribution in [3.8, 4) is 34.3 Å². The number of hydrogen-bond donors (Lipinski definition) is 6. The molecule has 0 spiro atoms. The Labute approximate surface area is 174 Å². The van der Waals surface area contributed by atoms with Crippen LogP contribution in [0.15, 0.2) is 45.6 Å². The molecule has 4 rings (SSSR count). The third-order valence-corrected chi connectivity index (χ3v) is 5.04. The summed E-state index contributed by atoms with van der Waals surface area (Å²) in [6, 6.07) is 7.87. The van der Waals surface area contributed by atoms with Gasteiger partial charge in [-0.15, -0.1) is 0 Å². The summed E-state index contributed by atoms with van der Waals surface area (Å²) in [5, 5.41) is 59.5. The Morgan fingerprint density at radius 1 is 1.03 bits per heavy atom. The predicted octanol–water partition coefficient (Wildman–Crippen LogP) is 0.783. The van der Waals surface area contributed by atoms with E-state index >= 15 is 0 Å². The number of phenols is 2. The number of benzene rings is 2. The van der Waals surface area contributed by atoms with E-state index in [2.05, 4.69) is 0 Å². The standard InChI is InChI=1S/C21H20O10/c1-8(22)19-17(27)18(28)21(31-19)29-11-6-12(24)14-13(7-11)30-20(16(26)15(14)25)9-2-4-10(23)5-3-9/h2-8,17-19,21-24,26-28H,1H3/t8-,17-,18-,19-,21-/m0/s1. The molecule has 0 radical (unpaired) electrons. The van der Waals surface area contributed by atoms with E-state index in [0.29, 0.717) is 5.56 Å². The van der Waals surface area contributed by atoms with E-state index in [-0.39, 0.29) is 28.2 Å². The second kappa shape index (κ2) is 7.75. The first-order valence-electron chi connectivity index (χ1n) is 9.36. The molecule has 6 N–H and O–H groups in total. The van der Waals surface area contributed by atoms with Crippen molar-refractivity contribution in [2.24, 2.45) is 0 Å². The zero-order valence-electron chi connectivity index (χ0n) is 16.2. The average Bonchev–Trinajstić information content (AvgIpc) is 3.00. The quantitative estimate of drug-likeness (QED) is 0.346. The Balaban J connectivity index is 1.75. The number of rotatable bonds is 4. The Kier molecular flexibility index (Phi) is 5.23. The average molecular weight is 432 g/mol. The molecule has 3 aromatic rings. The van der Waals surface area contributed by atoms with Crippen LogP contribution in [-0.4, -0.2) is 61.3 Å². The maximum atomic E-state index is 12.6. The Morgan fingerprint density at radius 2 is 1.71 bits per heavy atom. The molecule has 0 amide bonds. The fourth-order valence-electron chi connectivity index (χ4n) is 3.44. The van der Waals surface area contributed by atoms with Crippen molar-refractivity contribution in [1.29, 1.82) is 0 Å². The largest absolute Gasteiger partial charge is 0.508 e. The first kappa shape index (κ1) is 20.9. The molecule has 10 nitrogen and oxygen atoms in total. The lowest BCUT2D eigenvalue weighted by atomic mass is 10.1. The van der Waals surface area contributed by atoms with Crippen molar-refractivity contribution < 1.29 is 44.5 Å². The zero-order valence-corrected chi connectivity index (χ0v) is 16.2. The van der Waals surface area contributed by atoms with Crippen LogP contribution < -0.4 is 10.2 Å². The van der Waals surface area contributed by atoms with Crippen LogP contribution in [0.3, 0.4) is 0 Å². The fourth-order valence-corrected chi connectivity index (χ4v) is 3.44. The molecule has 1 aliphatic rings. The lowest BCUT2D eigenvalue weighted by Crippen LogP contribution is -2.38. The summed E-state index contributed by atoms with van der Waals surface area (Å²) in [5.74, 6) is -1.53. The van der Waals surface area contributed by atoms with E-state index in [1.165, 1.54) is 37.3 Å². The Hall–Kier alpha value is -3.31. The van der Waals surface area contributed by atoms with E-state index in [1.807, 2.05) is 0 Å². The van der Waals surface area contributed by atoms with Crippen LogP contribution in [-0.2, 0) is 4.74 Å². The van der Waals surface area contributed by atoms with Crippen molar-refractivity contribution in [2.45, 2.75) is 37.6 Å². The highest BCUT2D eigenvalue weighted by atomic mass is 16.7. The molecular weight excluding hydrogens is 412 g/mol. The van der Waals surface area contributed by atoms with Gasteiger partial charge >= 0.3 is 0 Å². The normalized spacial score (nSPS) is 24.4. The molecule has 5 atom stereocenters. The van der Waals surface area contributed by atoms with Crippen LogP contribution in [0.1, 0.15) is 6.92 Å². The number of aliphatic hydroxyl groups excluding tert-OH is 3. The van der Waals surface area contributed by atoms with Crippen molar-refractivity contribution >= 4 is 11.0 Å². The molecule has 1 saturated heterocycles. The van der Waals surface area contributed by atoms with Crippen molar-refractivity contribution in [1.82, 2.24) is 0 Å². The third-order valence-electron chi connectivity index (χ3n) is 5.04. The number of hydrogen-bond acceptors (Lipinski definition) is 10. The summed E-state index contributed by atoms with van der Waals surface area (Å²) in [4.78, 5) is 12.6. The van der Waals surface area contributed by atoms with Crippen LogP contribution in [0.2, 0.25) is 0 Å². The van der Waals surface area contributed by atoms with Gasteiger partial charge in [-0.05, 0) is 31.2 Å². The minimum atomic E-state index is -1.48. The lowest BCUT2D eigenvalue weighted by molar-refractivity contribution is -0.128. The van der Waals surface area contributed by atoms with E-state index in [0.717, 1.165) is 6.07 Å². The first-order valence-corrected chi connectivity index (χ1v) is 9.36. The number of ether oxygens (including phenoxy) is 2. The SMILES string of the molecule is C[C@H](O)[C@@H]1O[C@H](Oc2cc(O)c3c(=O)c(O)c(-c4ccc(O)cc4)oc3c2)[C@@H](O)[C@@H]1O. The summed E-state index contributed by atoms with van der Waals surface area (Å²) in [5.41, 5.74) is -0.700. The molecule has 1 fully saturated rings. The molecule has 2 heterocycles. The summed E-state index contributed by atoms with van der Waals surface area (Å²) in [7, 11) is 0. The summed E-state index contributed by atoms with van der Waals surface area (Å²) >= 11 is 0. The number of phenolic OH excluding ortho intramolecular Hbond substituents is 2. The van der Waals surface area contributed by atoms with Crippen molar-refractivity contribution in [3.05, 3.63) is 46.6 Å². The van der Waals surface area contributed by atoms with Gasteiger partial charge in [0.2, 0.25) is 17.5 Å². The minimum absolute atomic E-state index is 0.0208. The Morgan fingerprint density at radius 3 is 2.32 bits per heavy atom. The molecule has 2 aromatic carbocycles. The van der Waals surface area contributed by atoms with Gasteiger partial charge in [0.05, 0.1) is 6.10 Å². The number of fused-ring (bicyclic) bond motifs is 1. The molecule has 10 heteroatoms. The molecule has 164 valence electrons. The molecule has 0 unspecified atom stereocenters. The third kappa shape index (κ3) is 3.66. The second-order valence-electron chi connectivity index (χ2n) is 7.28. The maximum absolute atomic E-state index is 12.6. The van der Waals surface area contributed by atoms with Gasteiger partial charge < -0.3 is 44.5 Å². The van der Waals surface area contributed by atoms with Gasteiger partial charge in [0.15, 0.2) is 5.76 Å². The van der Waals surface area contributed by atoms with Gasteiger partial charge in [0.25, 0.3) is 0 Å². The predicted molar refractivity (Wildman–Crippen MR) is 106 cm³/mol. The van der Waals surface area contributed by atoms with E-state index < -0.39 is 47.6 Å². The zero-order chi connectivity index (χ0) is 22.4. The second-order valence-corrected chi connectivity index (χ2v) is 7.28. The highest BCUT2D eigenvalue weighted by Gasteiger charge is 2.46. The van der Waals surface area contributed by atoms with Crippen LogP contribution in [0.5, 0.6) is 23.0 Å². The minimum Gasteiger partial charge on any atom is -0.508 e. The van der Waals surface area contributed by atoms with Crippen LogP contribution in [0.4, 0.5) is 0 Å². The topological polar surface area (TPSA) is 170 Å². The summed E-state index contributed by atoms with van der Waals surface area (Å²) < 4.78 is 16.5. The van der Waals surface area contributed by atoms with Crippen LogP contribution in [0.25, 0.3) is 22.3 Å². The number of aliphatic hydroxyl groups is 3. The smallest absolute Gasteiger partial charge is 0.238 e. The van der Waals surface area contributed by atoms with Crippen molar-refractivity contribution in [3.63, 3.8) is 0 Å². The first-order chi connectivity index (χ1) is 14.7. The molecule has 0 aliphatic carbocycles. The van der Waals surface area contributed by atoms with Gasteiger partial charge in [-0.3, -0.25) is 4.79 Å². The monoisotopic (exact) mass is 432 g/mol. The van der Waals surface area contributed by atoms with E-state index in [4.69, 9.17) is 13.9 Å². The lowest BCUT2D eigenvalue weighted by Gasteiger charge is -2.18. The highest BCUT2D eigenvalue weighted by molar-refractivity contribution is 5.88. The van der Waals surface area contributed by atoms with Gasteiger partial charge in [-0.2, -0.15) is 0 Å². The van der Waals surface area contributed by atoms with E-state index in [1.54, 1.807) is 0 Å². The molecule has 1 aliphatic heterocycles. The molecule has 0 bridgehead atoms. The molecular formula is C21H20O10. The van der Waals surface area contributed by atoms with Crippen LogP contribution >= 0.6 is 0 Å². The van der Waals surface area contributed by atoms with Crippen molar-refractivity contribution in [2.75, 3.05) is 0 Å². The summed E-state index contributed by atoms with van der Waals surface area (Å²) in [6.07, 6.45) is -6.37. The van der Waals surface area contributed by atoms with Gasteiger partial charge in [0, 0.05) is 17.7 Å². The Bertz CT molecular complexity index is 1170. The number of aromatic hydroxyl groups is 3.